The lowest BCUT2D eigenvalue weighted by Gasteiger charge is -2.10. The van der Waals surface area contributed by atoms with Crippen LogP contribution in [0.4, 0.5) is 0 Å². The molecule has 2 N–H and O–H groups in total. The van der Waals surface area contributed by atoms with Crippen LogP contribution < -0.4 is 0 Å². The predicted octanol–water partition coefficient (Wildman–Crippen LogP) is 3.26. The maximum absolute atomic E-state index is 9.65. The van der Waals surface area contributed by atoms with Gasteiger partial charge in [0.2, 0.25) is 0 Å². The van der Waals surface area contributed by atoms with E-state index in [1.807, 2.05) is 6.92 Å². The first kappa shape index (κ1) is 14.9. The van der Waals surface area contributed by atoms with Gasteiger partial charge in [-0.3, -0.25) is 0 Å². The van der Waals surface area contributed by atoms with Crippen LogP contribution in [0, 0.1) is 0 Å². The van der Waals surface area contributed by atoms with Crippen LogP contribution in [0.25, 0.3) is 0 Å². The zero-order valence-electron chi connectivity index (χ0n) is 10.4. The number of aliphatic hydroxyl groups excluding tert-OH is 2. The highest BCUT2D eigenvalue weighted by Gasteiger charge is 2.04. The van der Waals surface area contributed by atoms with Crippen molar-refractivity contribution in [3.05, 3.63) is 0 Å². The Labute approximate surface area is 94.7 Å². The van der Waals surface area contributed by atoms with Crippen LogP contribution in [-0.2, 0) is 0 Å². The van der Waals surface area contributed by atoms with Crippen molar-refractivity contribution in [2.24, 2.45) is 0 Å². The van der Waals surface area contributed by atoms with Crippen LogP contribution >= 0.6 is 0 Å². The topological polar surface area (TPSA) is 40.5 Å². The molecular formula is C13H28O2. The van der Waals surface area contributed by atoms with Crippen LogP contribution in [0.15, 0.2) is 0 Å². The maximum atomic E-state index is 9.65. The van der Waals surface area contributed by atoms with Crippen molar-refractivity contribution >= 4 is 0 Å². The number of hydrogen-bond acceptors (Lipinski definition) is 2. The standard InChI is InChI=1S/C13H28O2/c1-3-4-5-6-10-13(15)11-8-7-9-12(2)14/h12-15H,3-11H2,1-2H3/t12-,13+/m1/s1. The average molecular weight is 216 g/mol. The summed E-state index contributed by atoms with van der Waals surface area (Å²) >= 11 is 0. The number of aliphatic hydroxyl groups is 2. The van der Waals surface area contributed by atoms with Crippen molar-refractivity contribution in [2.75, 3.05) is 0 Å². The highest BCUT2D eigenvalue weighted by Crippen LogP contribution is 2.12. The zero-order chi connectivity index (χ0) is 11.5. The van der Waals surface area contributed by atoms with Gasteiger partial charge in [0.25, 0.3) is 0 Å². The Morgan fingerprint density at radius 2 is 1.33 bits per heavy atom. The lowest BCUT2D eigenvalue weighted by atomic mass is 10.0. The summed E-state index contributed by atoms with van der Waals surface area (Å²) in [5.41, 5.74) is 0. The van der Waals surface area contributed by atoms with Crippen LogP contribution in [-0.4, -0.2) is 22.4 Å². The summed E-state index contributed by atoms with van der Waals surface area (Å²) in [5.74, 6) is 0. The summed E-state index contributed by atoms with van der Waals surface area (Å²) < 4.78 is 0. The largest absolute Gasteiger partial charge is 0.393 e. The van der Waals surface area contributed by atoms with Gasteiger partial charge in [-0.15, -0.1) is 0 Å². The van der Waals surface area contributed by atoms with E-state index in [0.29, 0.717) is 0 Å². The molecule has 0 spiro atoms. The molecule has 0 fully saturated rings. The van der Waals surface area contributed by atoms with Gasteiger partial charge in [0.1, 0.15) is 0 Å². The zero-order valence-corrected chi connectivity index (χ0v) is 10.4. The van der Waals surface area contributed by atoms with Gasteiger partial charge in [0, 0.05) is 0 Å². The van der Waals surface area contributed by atoms with Crippen molar-refractivity contribution in [1.82, 2.24) is 0 Å². The van der Waals surface area contributed by atoms with Crippen molar-refractivity contribution < 1.29 is 10.2 Å². The first-order chi connectivity index (χ1) is 7.16. The Balaban J connectivity index is 3.15. The van der Waals surface area contributed by atoms with Crippen LogP contribution in [0.2, 0.25) is 0 Å². The van der Waals surface area contributed by atoms with Gasteiger partial charge in [0.15, 0.2) is 0 Å². The molecule has 0 rings (SSSR count). The highest BCUT2D eigenvalue weighted by molar-refractivity contribution is 4.57. The summed E-state index contributed by atoms with van der Waals surface area (Å²) in [6.45, 7) is 4.02. The van der Waals surface area contributed by atoms with Gasteiger partial charge in [-0.1, -0.05) is 45.4 Å². The van der Waals surface area contributed by atoms with E-state index in [9.17, 15) is 5.11 Å². The average Bonchev–Trinajstić information content (AvgIpc) is 2.19. The molecule has 0 radical (unpaired) electrons. The molecular weight excluding hydrogens is 188 g/mol. The molecule has 15 heavy (non-hydrogen) atoms. The van der Waals surface area contributed by atoms with E-state index in [1.54, 1.807) is 0 Å². The molecule has 2 nitrogen and oxygen atoms in total. The molecule has 0 aromatic carbocycles. The van der Waals surface area contributed by atoms with Gasteiger partial charge in [-0.2, -0.15) is 0 Å². The molecule has 0 aromatic rings. The second kappa shape index (κ2) is 10.4. The first-order valence-electron chi connectivity index (χ1n) is 6.53. The Kier molecular flexibility index (Phi) is 10.4. The predicted molar refractivity (Wildman–Crippen MR) is 64.9 cm³/mol. The second-order valence-electron chi connectivity index (χ2n) is 4.64. The fourth-order valence-electron chi connectivity index (χ4n) is 1.77. The van der Waals surface area contributed by atoms with E-state index < -0.39 is 0 Å². The Morgan fingerprint density at radius 1 is 0.800 bits per heavy atom. The number of rotatable bonds is 10. The van der Waals surface area contributed by atoms with Crippen molar-refractivity contribution in [3.8, 4) is 0 Å². The molecule has 92 valence electrons. The quantitative estimate of drug-likeness (QED) is 0.550. The van der Waals surface area contributed by atoms with Crippen LogP contribution in [0.1, 0.15) is 71.6 Å². The Hall–Kier alpha value is -0.0800. The second-order valence-corrected chi connectivity index (χ2v) is 4.64. The fraction of sp³-hybridized carbons (Fsp3) is 1.00. The highest BCUT2D eigenvalue weighted by atomic mass is 16.3. The van der Waals surface area contributed by atoms with Gasteiger partial charge in [-0.05, 0) is 26.2 Å². The minimum atomic E-state index is -0.188. The Bertz CT molecular complexity index is 124. The fourth-order valence-corrected chi connectivity index (χ4v) is 1.77. The van der Waals surface area contributed by atoms with Crippen LogP contribution in [0.5, 0.6) is 0 Å². The van der Waals surface area contributed by atoms with Gasteiger partial charge < -0.3 is 10.2 Å². The molecule has 0 heterocycles. The Morgan fingerprint density at radius 3 is 1.87 bits per heavy atom. The van der Waals surface area contributed by atoms with Gasteiger partial charge in [0.05, 0.1) is 12.2 Å². The van der Waals surface area contributed by atoms with Crippen LogP contribution in [0.3, 0.4) is 0 Å². The molecule has 0 unspecified atom stereocenters. The lowest BCUT2D eigenvalue weighted by molar-refractivity contribution is 0.141. The lowest BCUT2D eigenvalue weighted by Crippen LogP contribution is -2.07. The summed E-state index contributed by atoms with van der Waals surface area (Å²) in [4.78, 5) is 0. The third kappa shape index (κ3) is 11.8. The molecule has 0 aliphatic carbocycles. The monoisotopic (exact) mass is 216 g/mol. The van der Waals surface area contributed by atoms with Crippen molar-refractivity contribution in [1.29, 1.82) is 0 Å². The molecule has 0 aromatic heterocycles. The number of hydrogen-bond donors (Lipinski definition) is 2. The third-order valence-electron chi connectivity index (χ3n) is 2.80. The van der Waals surface area contributed by atoms with E-state index in [0.717, 1.165) is 38.5 Å². The van der Waals surface area contributed by atoms with E-state index >= 15 is 0 Å². The molecule has 0 aliphatic rings. The SMILES string of the molecule is CCCCCC[C@H](O)CCCC[C@@H](C)O. The summed E-state index contributed by atoms with van der Waals surface area (Å²) in [6.07, 6.45) is 9.44. The van der Waals surface area contributed by atoms with E-state index in [4.69, 9.17) is 5.11 Å². The third-order valence-corrected chi connectivity index (χ3v) is 2.80. The van der Waals surface area contributed by atoms with E-state index in [1.165, 1.54) is 19.3 Å². The summed E-state index contributed by atoms with van der Waals surface area (Å²) in [5, 5.41) is 18.7. The van der Waals surface area contributed by atoms with Gasteiger partial charge >= 0.3 is 0 Å². The summed E-state index contributed by atoms with van der Waals surface area (Å²) in [7, 11) is 0. The molecule has 2 atom stereocenters. The maximum Gasteiger partial charge on any atom is 0.0540 e. The van der Waals surface area contributed by atoms with Crippen molar-refractivity contribution in [2.45, 2.75) is 83.8 Å². The molecule has 0 bridgehead atoms. The molecule has 0 saturated carbocycles. The normalized spacial score (nSPS) is 15.2. The number of unbranched alkanes of at least 4 members (excludes halogenated alkanes) is 4. The molecule has 0 saturated heterocycles. The smallest absolute Gasteiger partial charge is 0.0540 e. The van der Waals surface area contributed by atoms with Crippen molar-refractivity contribution in [3.63, 3.8) is 0 Å². The summed E-state index contributed by atoms with van der Waals surface area (Å²) in [6, 6.07) is 0. The minimum Gasteiger partial charge on any atom is -0.393 e. The first-order valence-corrected chi connectivity index (χ1v) is 6.53. The molecule has 0 aliphatic heterocycles. The van der Waals surface area contributed by atoms with E-state index in [-0.39, 0.29) is 12.2 Å². The molecule has 0 amide bonds. The minimum absolute atomic E-state index is 0.115. The van der Waals surface area contributed by atoms with Gasteiger partial charge in [-0.25, -0.2) is 0 Å². The molecule has 2 heteroatoms. The van der Waals surface area contributed by atoms with E-state index in [2.05, 4.69) is 6.92 Å².